The molecule has 7 aromatic rings. The van der Waals surface area contributed by atoms with E-state index in [1.807, 2.05) is 116 Å². The topological polar surface area (TPSA) is 76.0 Å². The van der Waals surface area contributed by atoms with Crippen molar-refractivity contribution in [3.05, 3.63) is 171 Å². The number of benzene rings is 4. The molecule has 0 aliphatic heterocycles. The fourth-order valence-corrected chi connectivity index (χ4v) is 4.86. The molecule has 0 fully saturated rings. The maximum Gasteiger partial charge on any atom is 3.00 e. The van der Waals surface area contributed by atoms with Crippen molar-refractivity contribution in [2.24, 2.45) is 0 Å². The van der Waals surface area contributed by atoms with Gasteiger partial charge in [-0.3, -0.25) is 15.0 Å². The summed E-state index contributed by atoms with van der Waals surface area (Å²) in [6, 6.07) is 47.7. The number of aryl methyl sites for hydroxylation is 1. The number of nitrogens with zero attached hydrogens (tertiary/aromatic N) is 3. The normalized spacial score (nSPS) is 10.1. The Balaban J connectivity index is 0.000000200. The first-order chi connectivity index (χ1) is 21.5. The zero-order chi connectivity index (χ0) is 30.3. The van der Waals surface area contributed by atoms with Crippen LogP contribution in [0, 0.1) is 26.5 Å². The van der Waals surface area contributed by atoms with Crippen molar-refractivity contribution in [2.45, 2.75) is 6.92 Å². The van der Waals surface area contributed by atoms with E-state index >= 15 is 0 Å². The third kappa shape index (κ3) is 7.86. The summed E-state index contributed by atoms with van der Waals surface area (Å²) >= 11 is 0. The van der Waals surface area contributed by atoms with E-state index in [4.69, 9.17) is 0 Å². The molecule has 46 heavy (non-hydrogen) atoms. The number of pyridine rings is 3. The molecular formula is C40H30IrN3O2. The van der Waals surface area contributed by atoms with Crippen LogP contribution in [0.2, 0.25) is 0 Å². The molecule has 0 saturated heterocycles. The van der Waals surface area contributed by atoms with Crippen LogP contribution in [0.5, 0.6) is 0 Å². The van der Waals surface area contributed by atoms with Gasteiger partial charge in [-0.05, 0) is 52.7 Å². The fraction of sp³-hybridized carbons (Fsp3) is 0.0250. The molecule has 5 nitrogen and oxygen atoms in total. The number of carboxylic acid groups (broad SMARTS) is 1. The first kappa shape index (κ1) is 33.6. The molecule has 3 heterocycles. The van der Waals surface area contributed by atoms with Gasteiger partial charge in [0.1, 0.15) is 5.69 Å². The zero-order valence-corrected chi connectivity index (χ0v) is 27.7. The fourth-order valence-electron chi connectivity index (χ4n) is 4.86. The van der Waals surface area contributed by atoms with Crippen molar-refractivity contribution in [2.75, 3.05) is 0 Å². The Hall–Kier alpha value is -5.29. The number of aromatic nitrogens is 3. The second kappa shape index (κ2) is 15.6. The van der Waals surface area contributed by atoms with Crippen molar-refractivity contribution in [1.29, 1.82) is 0 Å². The van der Waals surface area contributed by atoms with Gasteiger partial charge in [-0.1, -0.05) is 83.4 Å². The summed E-state index contributed by atoms with van der Waals surface area (Å²) < 4.78 is 0. The molecule has 6 heteroatoms. The quantitative estimate of drug-likeness (QED) is 0.177. The number of fused-ring (bicyclic) bond motifs is 1. The van der Waals surface area contributed by atoms with Gasteiger partial charge in [0.25, 0.3) is 0 Å². The predicted molar refractivity (Wildman–Crippen MR) is 181 cm³/mol. The van der Waals surface area contributed by atoms with Crippen molar-refractivity contribution in [3.63, 3.8) is 0 Å². The Bertz CT molecular complexity index is 2040. The van der Waals surface area contributed by atoms with Crippen LogP contribution >= 0.6 is 0 Å². The van der Waals surface area contributed by atoms with Crippen LogP contribution < -0.4 is 0 Å². The van der Waals surface area contributed by atoms with Crippen LogP contribution in [0.3, 0.4) is 0 Å². The second-order valence-corrected chi connectivity index (χ2v) is 10.1. The van der Waals surface area contributed by atoms with E-state index in [9.17, 15) is 9.90 Å². The standard InChI is InChI=1S/C20H13N2.C19H14NO2.CH3.Ir/c1-2-9-18-15(6-1)11-13-22-20(18)17-8-5-7-16(14-17)19-10-3-4-12-21-19;1-13-7-9-14(10-8-13)16-11-17(15-5-3-2-4-6-15)20-18(12-16)19(21)22;;/h1-13H;2-5,7-12H,1H3,(H,21,22);1H3;/q3*-1;+3. The molecule has 0 atom stereocenters. The Labute approximate surface area is 283 Å². The van der Waals surface area contributed by atoms with E-state index in [0.29, 0.717) is 5.69 Å². The van der Waals surface area contributed by atoms with Gasteiger partial charge in [-0.25, -0.2) is 4.79 Å². The van der Waals surface area contributed by atoms with Crippen molar-refractivity contribution < 1.29 is 30.0 Å². The number of carbonyl (C=O) groups is 1. The summed E-state index contributed by atoms with van der Waals surface area (Å²) in [6.07, 6.45) is 3.64. The largest absolute Gasteiger partial charge is 3.00 e. The first-order valence-electron chi connectivity index (χ1n) is 14.1. The van der Waals surface area contributed by atoms with E-state index in [0.717, 1.165) is 50.2 Å². The number of rotatable bonds is 5. The minimum Gasteiger partial charge on any atom is -0.477 e. The maximum absolute atomic E-state index is 11.3. The van der Waals surface area contributed by atoms with Crippen LogP contribution in [-0.4, -0.2) is 26.0 Å². The SMILES string of the molecule is Cc1ccc(-c2cc(C(=O)O)nc(-c3[c-]cccc3)c2)cc1.[CH3-].[Ir+3].[c-]1c(-c2ccccn2)cccc1-c1nccc2ccccc12. The van der Waals surface area contributed by atoms with Crippen molar-refractivity contribution >= 4 is 16.7 Å². The first-order valence-corrected chi connectivity index (χ1v) is 14.1. The number of carboxylic acids is 1. The summed E-state index contributed by atoms with van der Waals surface area (Å²) in [5, 5.41) is 11.6. The molecule has 0 spiro atoms. The summed E-state index contributed by atoms with van der Waals surface area (Å²) in [6.45, 7) is 2.02. The van der Waals surface area contributed by atoms with Gasteiger partial charge in [0.2, 0.25) is 0 Å². The summed E-state index contributed by atoms with van der Waals surface area (Å²) in [5.41, 5.74) is 8.22. The van der Waals surface area contributed by atoms with Crippen LogP contribution in [0.4, 0.5) is 0 Å². The molecule has 0 aliphatic rings. The third-order valence-electron chi connectivity index (χ3n) is 7.08. The van der Waals surface area contributed by atoms with E-state index in [1.54, 1.807) is 18.3 Å². The number of hydrogen-bond donors (Lipinski definition) is 1. The van der Waals surface area contributed by atoms with Gasteiger partial charge in [-0.15, -0.1) is 60.2 Å². The van der Waals surface area contributed by atoms with Crippen LogP contribution in [-0.2, 0) is 20.1 Å². The summed E-state index contributed by atoms with van der Waals surface area (Å²) in [7, 11) is 0. The molecular weight excluding hydrogens is 747 g/mol. The monoisotopic (exact) mass is 777 g/mol. The molecule has 1 N–H and O–H groups in total. The molecule has 0 saturated carbocycles. The Kier molecular flexibility index (Phi) is 11.4. The molecule has 0 aliphatic carbocycles. The van der Waals surface area contributed by atoms with Gasteiger partial charge in [0, 0.05) is 23.8 Å². The maximum atomic E-state index is 11.3. The molecule has 3 aromatic heterocycles. The summed E-state index contributed by atoms with van der Waals surface area (Å²) in [4.78, 5) is 24.5. The molecule has 4 aromatic carbocycles. The molecule has 0 bridgehead atoms. The molecule has 0 radical (unpaired) electrons. The van der Waals surface area contributed by atoms with Gasteiger partial charge in [0.05, 0.1) is 0 Å². The smallest absolute Gasteiger partial charge is 0.477 e. The molecule has 226 valence electrons. The van der Waals surface area contributed by atoms with Gasteiger partial charge < -0.3 is 12.5 Å². The van der Waals surface area contributed by atoms with Crippen LogP contribution in [0.15, 0.2) is 140 Å². The minimum absolute atomic E-state index is 0. The van der Waals surface area contributed by atoms with Gasteiger partial charge >= 0.3 is 26.1 Å². The number of aromatic carboxylic acids is 1. The average molecular weight is 777 g/mol. The Morgan fingerprint density at radius 1 is 0.674 bits per heavy atom. The van der Waals surface area contributed by atoms with Gasteiger partial charge in [-0.2, -0.15) is 0 Å². The predicted octanol–water partition coefficient (Wildman–Crippen LogP) is 9.43. The molecule has 0 amide bonds. The second-order valence-electron chi connectivity index (χ2n) is 10.1. The summed E-state index contributed by atoms with van der Waals surface area (Å²) in [5.74, 6) is -1.04. The molecule has 0 unspecified atom stereocenters. The average Bonchev–Trinajstić information content (AvgIpc) is 3.09. The minimum atomic E-state index is -1.04. The van der Waals surface area contributed by atoms with E-state index < -0.39 is 5.97 Å². The van der Waals surface area contributed by atoms with E-state index in [1.165, 1.54) is 5.39 Å². The number of hydrogen-bond acceptors (Lipinski definition) is 4. The van der Waals surface area contributed by atoms with Crippen molar-refractivity contribution in [3.8, 4) is 44.9 Å². The Morgan fingerprint density at radius 2 is 1.41 bits per heavy atom. The third-order valence-corrected chi connectivity index (χ3v) is 7.08. The van der Waals surface area contributed by atoms with E-state index in [2.05, 4.69) is 39.2 Å². The molecule has 7 rings (SSSR count). The van der Waals surface area contributed by atoms with Crippen molar-refractivity contribution in [1.82, 2.24) is 15.0 Å². The zero-order valence-electron chi connectivity index (χ0n) is 25.3. The van der Waals surface area contributed by atoms with Crippen LogP contribution in [0.1, 0.15) is 16.1 Å². The Morgan fingerprint density at radius 3 is 2.15 bits per heavy atom. The van der Waals surface area contributed by atoms with Crippen LogP contribution in [0.25, 0.3) is 55.7 Å². The van der Waals surface area contributed by atoms with Gasteiger partial charge in [0.15, 0.2) is 0 Å². The van der Waals surface area contributed by atoms with E-state index in [-0.39, 0.29) is 33.2 Å².